The maximum Gasteiger partial charge on any atom is 0.337 e. The van der Waals surface area contributed by atoms with Gasteiger partial charge in [0.2, 0.25) is 0 Å². The summed E-state index contributed by atoms with van der Waals surface area (Å²) in [6.07, 6.45) is 2.68. The van der Waals surface area contributed by atoms with E-state index in [1.807, 2.05) is 24.3 Å². The first kappa shape index (κ1) is 14.5. The summed E-state index contributed by atoms with van der Waals surface area (Å²) < 4.78 is 4.74. The van der Waals surface area contributed by atoms with Crippen molar-refractivity contribution in [3.63, 3.8) is 0 Å². The quantitative estimate of drug-likeness (QED) is 0.798. The van der Waals surface area contributed by atoms with Gasteiger partial charge in [0.05, 0.1) is 12.7 Å². The number of benzene rings is 1. The van der Waals surface area contributed by atoms with Crippen LogP contribution < -0.4 is 0 Å². The van der Waals surface area contributed by atoms with Gasteiger partial charge in [0.15, 0.2) is 0 Å². The van der Waals surface area contributed by atoms with Gasteiger partial charge in [0.25, 0.3) is 0 Å². The number of carbonyl (C=O) groups is 1. The van der Waals surface area contributed by atoms with E-state index in [0.29, 0.717) is 11.6 Å². The average molecular weight is 288 g/mol. The van der Waals surface area contributed by atoms with E-state index in [1.54, 1.807) is 0 Å². The van der Waals surface area contributed by atoms with Crippen LogP contribution in [-0.4, -0.2) is 54.6 Å². The molecule has 0 aromatic heterocycles. The smallest absolute Gasteiger partial charge is 0.337 e. The predicted octanol–water partition coefficient (Wildman–Crippen LogP) is 2.14. The topological polar surface area (TPSA) is 32.8 Å². The van der Waals surface area contributed by atoms with Gasteiger partial charge in [-0.1, -0.05) is 12.1 Å². The van der Waals surface area contributed by atoms with Gasteiger partial charge in [-0.05, 0) is 44.0 Å². The maximum atomic E-state index is 11.5. The van der Waals surface area contributed by atoms with Crippen LogP contribution in [0.3, 0.4) is 0 Å². The third-order valence-electron chi connectivity index (χ3n) is 4.83. The van der Waals surface area contributed by atoms with Crippen LogP contribution in [0.1, 0.15) is 35.7 Å². The van der Waals surface area contributed by atoms with Crippen molar-refractivity contribution in [2.24, 2.45) is 0 Å². The lowest BCUT2D eigenvalue weighted by Crippen LogP contribution is -2.54. The van der Waals surface area contributed by atoms with Crippen LogP contribution in [0.15, 0.2) is 24.3 Å². The summed E-state index contributed by atoms with van der Waals surface area (Å²) >= 11 is 0. The Bertz CT molecular complexity index is 500. The minimum absolute atomic E-state index is 0.269. The largest absolute Gasteiger partial charge is 0.465 e. The van der Waals surface area contributed by atoms with E-state index in [4.69, 9.17) is 4.74 Å². The standard InChI is InChI=1S/C17H24N2O2/c1-13-10-18-9-3-4-16(18)12-19(13)11-14-5-7-15(8-6-14)17(20)21-2/h5-8,13,16H,3-4,9-12H2,1-2H3/t13-,16-/m0/s1. The molecule has 0 radical (unpaired) electrons. The number of carbonyl (C=O) groups excluding carboxylic acids is 1. The van der Waals surface area contributed by atoms with E-state index in [-0.39, 0.29) is 5.97 Å². The van der Waals surface area contributed by atoms with Gasteiger partial charge in [0, 0.05) is 31.7 Å². The molecule has 114 valence electrons. The van der Waals surface area contributed by atoms with Gasteiger partial charge >= 0.3 is 5.97 Å². The Hall–Kier alpha value is -1.39. The molecule has 4 heteroatoms. The van der Waals surface area contributed by atoms with E-state index in [1.165, 1.54) is 45.1 Å². The van der Waals surface area contributed by atoms with Gasteiger partial charge in [-0.2, -0.15) is 0 Å². The van der Waals surface area contributed by atoms with E-state index in [2.05, 4.69) is 16.7 Å². The fraction of sp³-hybridized carbons (Fsp3) is 0.588. The molecule has 4 nitrogen and oxygen atoms in total. The van der Waals surface area contributed by atoms with Crippen molar-refractivity contribution in [1.29, 1.82) is 0 Å². The number of piperazine rings is 1. The van der Waals surface area contributed by atoms with Gasteiger partial charge in [-0.25, -0.2) is 4.79 Å². The molecule has 2 heterocycles. The summed E-state index contributed by atoms with van der Waals surface area (Å²) in [7, 11) is 1.42. The van der Waals surface area contributed by atoms with Gasteiger partial charge < -0.3 is 4.74 Å². The molecule has 21 heavy (non-hydrogen) atoms. The highest BCUT2D eigenvalue weighted by Crippen LogP contribution is 2.25. The fourth-order valence-corrected chi connectivity index (χ4v) is 3.57. The molecule has 0 spiro atoms. The number of methoxy groups -OCH3 is 1. The Balaban J connectivity index is 1.64. The summed E-state index contributed by atoms with van der Waals surface area (Å²) in [6.45, 7) is 6.91. The number of rotatable bonds is 3. The minimum atomic E-state index is -0.269. The Morgan fingerprint density at radius 1 is 1.29 bits per heavy atom. The highest BCUT2D eigenvalue weighted by Gasteiger charge is 2.34. The van der Waals surface area contributed by atoms with Crippen LogP contribution >= 0.6 is 0 Å². The Labute approximate surface area is 126 Å². The molecule has 0 amide bonds. The fourth-order valence-electron chi connectivity index (χ4n) is 3.57. The van der Waals surface area contributed by atoms with E-state index in [0.717, 1.165) is 12.6 Å². The lowest BCUT2D eigenvalue weighted by molar-refractivity contribution is 0.0540. The molecule has 2 fully saturated rings. The first-order chi connectivity index (χ1) is 10.2. The molecule has 1 aromatic carbocycles. The summed E-state index contributed by atoms with van der Waals surface area (Å²) in [5, 5.41) is 0. The molecule has 2 saturated heterocycles. The summed E-state index contributed by atoms with van der Waals surface area (Å²) in [6, 6.07) is 9.14. The third kappa shape index (κ3) is 3.11. The van der Waals surface area contributed by atoms with Crippen molar-refractivity contribution in [2.75, 3.05) is 26.7 Å². The number of ether oxygens (including phenoxy) is 1. The second-order valence-corrected chi connectivity index (χ2v) is 6.26. The van der Waals surface area contributed by atoms with Crippen molar-refractivity contribution in [2.45, 2.75) is 38.4 Å². The number of hydrogen-bond acceptors (Lipinski definition) is 4. The summed E-state index contributed by atoms with van der Waals surface area (Å²) in [5.74, 6) is -0.269. The molecule has 0 aliphatic carbocycles. The molecule has 0 unspecified atom stereocenters. The third-order valence-corrected chi connectivity index (χ3v) is 4.83. The molecule has 0 N–H and O–H groups in total. The van der Waals surface area contributed by atoms with Crippen molar-refractivity contribution < 1.29 is 9.53 Å². The van der Waals surface area contributed by atoms with Crippen LogP contribution in [0.2, 0.25) is 0 Å². The number of hydrogen-bond donors (Lipinski definition) is 0. The highest BCUT2D eigenvalue weighted by molar-refractivity contribution is 5.89. The van der Waals surface area contributed by atoms with Crippen LogP contribution in [0.5, 0.6) is 0 Å². The molecular weight excluding hydrogens is 264 g/mol. The van der Waals surface area contributed by atoms with Crippen molar-refractivity contribution in [3.05, 3.63) is 35.4 Å². The minimum Gasteiger partial charge on any atom is -0.465 e. The number of fused-ring (bicyclic) bond motifs is 1. The molecule has 1 aromatic rings. The SMILES string of the molecule is COC(=O)c1ccc(CN2C[C@@H]3CCCN3C[C@@H]2C)cc1. The second kappa shape index (κ2) is 6.16. The molecule has 2 aliphatic heterocycles. The van der Waals surface area contributed by atoms with Crippen molar-refractivity contribution in [3.8, 4) is 0 Å². The zero-order valence-electron chi connectivity index (χ0n) is 12.9. The molecule has 3 rings (SSSR count). The highest BCUT2D eigenvalue weighted by atomic mass is 16.5. The molecule has 0 bridgehead atoms. The molecule has 0 saturated carbocycles. The Morgan fingerprint density at radius 3 is 2.76 bits per heavy atom. The number of nitrogens with zero attached hydrogens (tertiary/aromatic N) is 2. The van der Waals surface area contributed by atoms with E-state index in [9.17, 15) is 4.79 Å². The molecule has 2 atom stereocenters. The van der Waals surface area contributed by atoms with Crippen molar-refractivity contribution in [1.82, 2.24) is 9.80 Å². The van der Waals surface area contributed by atoms with Gasteiger partial charge in [-0.3, -0.25) is 9.80 Å². The summed E-state index contributed by atoms with van der Waals surface area (Å²) in [4.78, 5) is 16.7. The second-order valence-electron chi connectivity index (χ2n) is 6.26. The lowest BCUT2D eigenvalue weighted by Gasteiger charge is -2.42. The maximum absolute atomic E-state index is 11.5. The predicted molar refractivity (Wildman–Crippen MR) is 82.2 cm³/mol. The van der Waals surface area contributed by atoms with Crippen LogP contribution in [0.25, 0.3) is 0 Å². The first-order valence-electron chi connectivity index (χ1n) is 7.82. The van der Waals surface area contributed by atoms with Gasteiger partial charge in [0.1, 0.15) is 0 Å². The summed E-state index contributed by atoms with van der Waals surface area (Å²) in [5.41, 5.74) is 1.89. The van der Waals surface area contributed by atoms with Crippen LogP contribution in [-0.2, 0) is 11.3 Å². The molecular formula is C17H24N2O2. The normalized spacial score (nSPS) is 26.6. The zero-order valence-corrected chi connectivity index (χ0v) is 12.9. The number of esters is 1. The monoisotopic (exact) mass is 288 g/mol. The van der Waals surface area contributed by atoms with E-state index < -0.39 is 0 Å². The lowest BCUT2D eigenvalue weighted by atomic mass is 10.1. The Kier molecular flexibility index (Phi) is 4.27. The van der Waals surface area contributed by atoms with Crippen molar-refractivity contribution >= 4 is 5.97 Å². The first-order valence-corrected chi connectivity index (χ1v) is 7.82. The average Bonchev–Trinajstić information content (AvgIpc) is 2.94. The Morgan fingerprint density at radius 2 is 2.05 bits per heavy atom. The van der Waals surface area contributed by atoms with E-state index >= 15 is 0 Å². The van der Waals surface area contributed by atoms with Crippen LogP contribution in [0.4, 0.5) is 0 Å². The van der Waals surface area contributed by atoms with Gasteiger partial charge in [-0.15, -0.1) is 0 Å². The zero-order chi connectivity index (χ0) is 14.8. The molecule has 2 aliphatic rings. The van der Waals surface area contributed by atoms with Crippen LogP contribution in [0, 0.1) is 0 Å².